The van der Waals surface area contributed by atoms with Gasteiger partial charge in [0.1, 0.15) is 0 Å². The number of rotatable bonds is 7. The molecule has 6 nitrogen and oxygen atoms in total. The molecule has 4 rings (SSSR count). The van der Waals surface area contributed by atoms with Crippen molar-refractivity contribution in [3.8, 4) is 0 Å². The van der Waals surface area contributed by atoms with Crippen molar-refractivity contribution in [2.45, 2.75) is 24.7 Å². The molecule has 0 spiro atoms. The number of ether oxygens (including phenoxy) is 1. The number of amides is 1. The summed E-state index contributed by atoms with van der Waals surface area (Å²) in [5, 5.41) is 5.29. The van der Waals surface area contributed by atoms with Crippen LogP contribution in [0.4, 0.5) is 0 Å². The van der Waals surface area contributed by atoms with Crippen molar-refractivity contribution in [3.05, 3.63) is 77.4 Å². The first-order valence-corrected chi connectivity index (χ1v) is 12.4. The summed E-state index contributed by atoms with van der Waals surface area (Å²) in [7, 11) is -3.68. The average Bonchev–Trinajstić information content (AvgIpc) is 2.84. The Morgan fingerprint density at radius 1 is 1.00 bits per heavy atom. The molecule has 1 amide bonds. The van der Waals surface area contributed by atoms with Crippen molar-refractivity contribution >= 4 is 26.7 Å². The predicted octanol–water partition coefficient (Wildman–Crippen LogP) is 3.40. The van der Waals surface area contributed by atoms with Crippen LogP contribution in [-0.2, 0) is 27.6 Å². The summed E-state index contributed by atoms with van der Waals surface area (Å²) in [5.74, 6) is -0.272. The van der Waals surface area contributed by atoms with Gasteiger partial charge in [-0.1, -0.05) is 55.5 Å². The van der Waals surface area contributed by atoms with Crippen LogP contribution in [0.5, 0.6) is 0 Å². The average molecular weight is 453 g/mol. The predicted molar refractivity (Wildman–Crippen MR) is 125 cm³/mol. The summed E-state index contributed by atoms with van der Waals surface area (Å²) in [5.41, 5.74) is 2.23. The third-order valence-electron chi connectivity index (χ3n) is 5.86. The van der Waals surface area contributed by atoms with E-state index in [1.807, 2.05) is 25.1 Å². The molecule has 1 heterocycles. The van der Waals surface area contributed by atoms with Crippen LogP contribution in [0.15, 0.2) is 65.6 Å². The Bertz CT molecular complexity index is 1210. The first-order valence-electron chi connectivity index (χ1n) is 11.0. The van der Waals surface area contributed by atoms with E-state index >= 15 is 0 Å². The molecule has 0 saturated carbocycles. The van der Waals surface area contributed by atoms with Gasteiger partial charge in [-0.2, -0.15) is 4.31 Å². The zero-order valence-electron chi connectivity index (χ0n) is 18.2. The Morgan fingerprint density at radius 3 is 2.53 bits per heavy atom. The molecule has 0 unspecified atom stereocenters. The van der Waals surface area contributed by atoms with Gasteiger partial charge in [-0.25, -0.2) is 8.42 Å². The number of fused-ring (bicyclic) bond motifs is 1. The molecule has 1 fully saturated rings. The van der Waals surface area contributed by atoms with Crippen molar-refractivity contribution in [2.75, 3.05) is 32.8 Å². The van der Waals surface area contributed by atoms with Gasteiger partial charge >= 0.3 is 0 Å². The zero-order chi connectivity index (χ0) is 22.6. The van der Waals surface area contributed by atoms with Gasteiger partial charge in [0, 0.05) is 25.2 Å². The maximum Gasteiger partial charge on any atom is 0.251 e. The Labute approximate surface area is 189 Å². The number of benzene rings is 3. The molecule has 1 aliphatic rings. The van der Waals surface area contributed by atoms with Crippen molar-refractivity contribution in [1.29, 1.82) is 0 Å². The van der Waals surface area contributed by atoms with E-state index < -0.39 is 10.0 Å². The second kappa shape index (κ2) is 9.81. The van der Waals surface area contributed by atoms with Crippen molar-refractivity contribution in [3.63, 3.8) is 0 Å². The number of carbonyl (C=O) groups excluding carboxylic acids is 1. The number of hydrogen-bond acceptors (Lipinski definition) is 4. The van der Waals surface area contributed by atoms with Crippen molar-refractivity contribution < 1.29 is 17.9 Å². The molecule has 1 aliphatic heterocycles. The zero-order valence-corrected chi connectivity index (χ0v) is 19.0. The van der Waals surface area contributed by atoms with Crippen molar-refractivity contribution in [1.82, 2.24) is 9.62 Å². The highest BCUT2D eigenvalue weighted by molar-refractivity contribution is 7.89. The van der Waals surface area contributed by atoms with Crippen LogP contribution in [0.1, 0.15) is 28.4 Å². The fraction of sp³-hybridized carbons (Fsp3) is 0.320. The van der Waals surface area contributed by atoms with E-state index in [4.69, 9.17) is 4.74 Å². The van der Waals surface area contributed by atoms with Gasteiger partial charge in [0.2, 0.25) is 10.0 Å². The molecule has 0 aliphatic carbocycles. The SMILES string of the molecule is CCc1ccc(C(=O)NCCc2cccc3ccccc23)cc1S(=O)(=O)N1CCOCC1. The Kier molecular flexibility index (Phi) is 6.89. The first-order chi connectivity index (χ1) is 15.5. The van der Waals surface area contributed by atoms with Crippen LogP contribution in [-0.4, -0.2) is 51.5 Å². The molecule has 1 saturated heterocycles. The summed E-state index contributed by atoms with van der Waals surface area (Å²) in [6, 6.07) is 19.3. The van der Waals surface area contributed by atoms with E-state index in [0.29, 0.717) is 56.8 Å². The normalized spacial score (nSPS) is 15.0. The monoisotopic (exact) mass is 452 g/mol. The lowest BCUT2D eigenvalue weighted by Gasteiger charge is -2.27. The summed E-state index contributed by atoms with van der Waals surface area (Å²) in [4.78, 5) is 13.0. The second-order valence-electron chi connectivity index (χ2n) is 7.84. The van der Waals surface area contributed by atoms with E-state index in [0.717, 1.165) is 0 Å². The van der Waals surface area contributed by atoms with Crippen LogP contribution in [0, 0.1) is 0 Å². The van der Waals surface area contributed by atoms with Gasteiger partial charge in [0.25, 0.3) is 5.91 Å². The molecule has 0 aromatic heterocycles. The minimum atomic E-state index is -3.68. The van der Waals surface area contributed by atoms with Crippen LogP contribution in [0.2, 0.25) is 0 Å². The van der Waals surface area contributed by atoms with E-state index in [1.165, 1.54) is 26.7 Å². The fourth-order valence-corrected chi connectivity index (χ4v) is 5.80. The lowest BCUT2D eigenvalue weighted by molar-refractivity contribution is 0.0730. The highest BCUT2D eigenvalue weighted by atomic mass is 32.2. The summed E-state index contributed by atoms with van der Waals surface area (Å²) >= 11 is 0. The van der Waals surface area contributed by atoms with Crippen LogP contribution < -0.4 is 5.32 Å². The van der Waals surface area contributed by atoms with E-state index in [9.17, 15) is 13.2 Å². The number of morpholine rings is 1. The number of hydrogen-bond donors (Lipinski definition) is 1. The van der Waals surface area contributed by atoms with E-state index in [2.05, 4.69) is 29.6 Å². The molecule has 168 valence electrons. The third kappa shape index (κ3) is 4.70. The Morgan fingerprint density at radius 2 is 1.75 bits per heavy atom. The second-order valence-corrected chi connectivity index (χ2v) is 9.74. The number of carbonyl (C=O) groups is 1. The van der Waals surface area contributed by atoms with Crippen LogP contribution in [0.25, 0.3) is 10.8 Å². The molecule has 3 aromatic carbocycles. The summed E-state index contributed by atoms with van der Waals surface area (Å²) in [6.45, 7) is 3.80. The standard InChI is InChI=1S/C25H28N2O4S/c1-2-19-10-11-22(18-24(19)32(29,30)27-14-16-31-17-15-27)25(28)26-13-12-21-8-5-7-20-6-3-4-9-23(20)21/h3-11,18H,2,12-17H2,1H3,(H,26,28). The topological polar surface area (TPSA) is 75.7 Å². The molecule has 0 radical (unpaired) electrons. The van der Waals surface area contributed by atoms with Gasteiger partial charge in [-0.15, -0.1) is 0 Å². The lowest BCUT2D eigenvalue weighted by Crippen LogP contribution is -2.41. The highest BCUT2D eigenvalue weighted by Gasteiger charge is 2.29. The molecule has 1 N–H and O–H groups in total. The maximum absolute atomic E-state index is 13.2. The number of aryl methyl sites for hydroxylation is 1. The number of nitrogens with zero attached hydrogens (tertiary/aromatic N) is 1. The summed E-state index contributed by atoms with van der Waals surface area (Å²) < 4.78 is 33.1. The van der Waals surface area contributed by atoms with Gasteiger partial charge in [-0.3, -0.25) is 4.79 Å². The number of sulfonamides is 1. The minimum absolute atomic E-state index is 0.212. The van der Waals surface area contributed by atoms with Gasteiger partial charge in [-0.05, 0) is 46.9 Å². The van der Waals surface area contributed by atoms with Crippen LogP contribution in [0.3, 0.4) is 0 Å². The van der Waals surface area contributed by atoms with Gasteiger partial charge in [0.05, 0.1) is 18.1 Å². The van der Waals surface area contributed by atoms with E-state index in [1.54, 1.807) is 12.1 Å². The van der Waals surface area contributed by atoms with E-state index in [-0.39, 0.29) is 10.8 Å². The highest BCUT2D eigenvalue weighted by Crippen LogP contribution is 2.24. The molecule has 32 heavy (non-hydrogen) atoms. The summed E-state index contributed by atoms with van der Waals surface area (Å²) in [6.07, 6.45) is 1.26. The molecule has 7 heteroatoms. The largest absolute Gasteiger partial charge is 0.379 e. The fourth-order valence-electron chi connectivity index (χ4n) is 4.08. The minimum Gasteiger partial charge on any atom is -0.379 e. The molecule has 0 bridgehead atoms. The third-order valence-corrected chi connectivity index (χ3v) is 7.84. The van der Waals surface area contributed by atoms with Crippen LogP contribution >= 0.6 is 0 Å². The van der Waals surface area contributed by atoms with Crippen molar-refractivity contribution in [2.24, 2.45) is 0 Å². The quantitative estimate of drug-likeness (QED) is 0.596. The Balaban J connectivity index is 1.49. The molecular weight excluding hydrogens is 424 g/mol. The molecule has 3 aromatic rings. The van der Waals surface area contributed by atoms with Gasteiger partial charge < -0.3 is 10.1 Å². The lowest BCUT2D eigenvalue weighted by atomic mass is 10.0. The van der Waals surface area contributed by atoms with Gasteiger partial charge in [0.15, 0.2) is 0 Å². The smallest absolute Gasteiger partial charge is 0.251 e. The first kappa shape index (κ1) is 22.5. The Hall–Kier alpha value is -2.74. The maximum atomic E-state index is 13.2. The molecular formula is C25H28N2O4S. The molecule has 0 atom stereocenters. The number of nitrogens with one attached hydrogen (secondary N) is 1.